The Balaban J connectivity index is 1.76. The topological polar surface area (TPSA) is 47.9 Å². The summed E-state index contributed by atoms with van der Waals surface area (Å²) in [6.07, 6.45) is 5.53. The summed E-state index contributed by atoms with van der Waals surface area (Å²) < 4.78 is 16.8. The maximum absolute atomic E-state index is 10.3. The van der Waals surface area contributed by atoms with Gasteiger partial charge >= 0.3 is 0 Å². The van der Waals surface area contributed by atoms with Crippen molar-refractivity contribution in [2.45, 2.75) is 57.2 Å². The van der Waals surface area contributed by atoms with E-state index in [0.717, 1.165) is 71.6 Å². The molecule has 2 aliphatic heterocycles. The second kappa shape index (κ2) is 7.58. The molecule has 0 aromatic carbocycles. The minimum Gasteiger partial charge on any atom is -0.393 e. The second-order valence-electron chi connectivity index (χ2n) is 5.80. The van der Waals surface area contributed by atoms with Crippen LogP contribution in [0.1, 0.15) is 45.4 Å². The Labute approximate surface area is 116 Å². The molecule has 0 aromatic heterocycles. The molecule has 2 heterocycles. The lowest BCUT2D eigenvalue weighted by molar-refractivity contribution is -0.159. The molecule has 4 heteroatoms. The summed E-state index contributed by atoms with van der Waals surface area (Å²) in [6, 6.07) is 0. The molecule has 0 aromatic rings. The van der Waals surface area contributed by atoms with E-state index in [-0.39, 0.29) is 11.7 Å². The Morgan fingerprint density at radius 1 is 1.32 bits per heavy atom. The summed E-state index contributed by atoms with van der Waals surface area (Å²) in [5.41, 5.74) is -0.0118. The molecule has 2 aliphatic rings. The minimum atomic E-state index is -0.205. The van der Waals surface area contributed by atoms with Gasteiger partial charge in [-0.2, -0.15) is 0 Å². The standard InChI is InChI=1S/C15H28O4/c1-2-17-8-3-4-14(16)13-5-9-19-15(12-13)6-10-18-11-7-15/h13-14,16H,2-12H2,1H3. The predicted octanol–water partition coefficient (Wildman–Crippen LogP) is 2.14. The van der Waals surface area contributed by atoms with E-state index in [4.69, 9.17) is 14.2 Å². The zero-order valence-corrected chi connectivity index (χ0v) is 12.1. The van der Waals surface area contributed by atoms with Crippen LogP contribution in [0, 0.1) is 5.92 Å². The Hall–Kier alpha value is -0.160. The van der Waals surface area contributed by atoms with Crippen molar-refractivity contribution in [2.75, 3.05) is 33.0 Å². The molecule has 2 saturated heterocycles. The van der Waals surface area contributed by atoms with E-state index in [0.29, 0.717) is 5.92 Å². The van der Waals surface area contributed by atoms with Gasteiger partial charge in [0, 0.05) is 33.0 Å². The molecule has 1 spiro atoms. The highest BCUT2D eigenvalue weighted by atomic mass is 16.5. The van der Waals surface area contributed by atoms with Crippen molar-refractivity contribution in [3.8, 4) is 0 Å². The third-order valence-corrected chi connectivity index (χ3v) is 4.47. The highest BCUT2D eigenvalue weighted by molar-refractivity contribution is 4.90. The van der Waals surface area contributed by atoms with Crippen molar-refractivity contribution in [2.24, 2.45) is 5.92 Å². The number of rotatable bonds is 6. The molecule has 0 amide bonds. The molecule has 2 unspecified atom stereocenters. The molecule has 1 N–H and O–H groups in total. The van der Waals surface area contributed by atoms with Crippen molar-refractivity contribution in [1.29, 1.82) is 0 Å². The van der Waals surface area contributed by atoms with Crippen molar-refractivity contribution in [1.82, 2.24) is 0 Å². The molecule has 0 bridgehead atoms. The number of ether oxygens (including phenoxy) is 3. The largest absolute Gasteiger partial charge is 0.393 e. The summed E-state index contributed by atoms with van der Waals surface area (Å²) in [5.74, 6) is 0.383. The molecule has 0 saturated carbocycles. The van der Waals surface area contributed by atoms with Crippen LogP contribution in [0.2, 0.25) is 0 Å². The van der Waals surface area contributed by atoms with Gasteiger partial charge in [0.25, 0.3) is 0 Å². The van der Waals surface area contributed by atoms with Crippen molar-refractivity contribution < 1.29 is 19.3 Å². The van der Waals surface area contributed by atoms with E-state index in [1.54, 1.807) is 0 Å². The number of hydrogen-bond donors (Lipinski definition) is 1. The zero-order valence-electron chi connectivity index (χ0n) is 12.1. The first-order valence-electron chi connectivity index (χ1n) is 7.73. The third kappa shape index (κ3) is 4.42. The number of aliphatic hydroxyl groups excluding tert-OH is 1. The van der Waals surface area contributed by atoms with E-state index in [1.165, 1.54) is 0 Å². The van der Waals surface area contributed by atoms with E-state index >= 15 is 0 Å². The predicted molar refractivity (Wildman–Crippen MR) is 73.2 cm³/mol. The maximum Gasteiger partial charge on any atom is 0.0730 e. The van der Waals surface area contributed by atoms with Gasteiger partial charge < -0.3 is 19.3 Å². The van der Waals surface area contributed by atoms with Crippen LogP contribution in [-0.4, -0.2) is 49.8 Å². The van der Waals surface area contributed by atoms with Crippen LogP contribution in [0.25, 0.3) is 0 Å². The molecule has 2 rings (SSSR count). The second-order valence-corrected chi connectivity index (χ2v) is 5.80. The normalized spacial score (nSPS) is 28.4. The Kier molecular flexibility index (Phi) is 6.07. The smallest absolute Gasteiger partial charge is 0.0730 e. The Morgan fingerprint density at radius 2 is 2.11 bits per heavy atom. The summed E-state index contributed by atoms with van der Waals surface area (Å²) in [4.78, 5) is 0. The van der Waals surface area contributed by atoms with Gasteiger partial charge in [0.05, 0.1) is 11.7 Å². The van der Waals surface area contributed by atoms with Gasteiger partial charge in [-0.15, -0.1) is 0 Å². The van der Waals surface area contributed by atoms with Crippen LogP contribution in [0.4, 0.5) is 0 Å². The fourth-order valence-corrected chi connectivity index (χ4v) is 3.26. The summed E-state index contributed by atoms with van der Waals surface area (Å²) in [6.45, 7) is 5.91. The third-order valence-electron chi connectivity index (χ3n) is 4.47. The van der Waals surface area contributed by atoms with E-state index in [2.05, 4.69) is 0 Å². The van der Waals surface area contributed by atoms with Crippen molar-refractivity contribution >= 4 is 0 Å². The fraction of sp³-hybridized carbons (Fsp3) is 1.00. The summed E-state index contributed by atoms with van der Waals surface area (Å²) >= 11 is 0. The van der Waals surface area contributed by atoms with Gasteiger partial charge in [0.15, 0.2) is 0 Å². The molecule has 4 nitrogen and oxygen atoms in total. The summed E-state index contributed by atoms with van der Waals surface area (Å²) in [5, 5.41) is 10.3. The molecule has 0 radical (unpaired) electrons. The minimum absolute atomic E-state index is 0.0118. The monoisotopic (exact) mass is 272 g/mol. The lowest BCUT2D eigenvalue weighted by Crippen LogP contribution is -2.46. The van der Waals surface area contributed by atoms with Gasteiger partial charge in [-0.25, -0.2) is 0 Å². The molecule has 19 heavy (non-hydrogen) atoms. The SMILES string of the molecule is CCOCCCC(O)C1CCOC2(CCOCC2)C1. The fourth-order valence-electron chi connectivity index (χ4n) is 3.26. The summed E-state index contributed by atoms with van der Waals surface area (Å²) in [7, 11) is 0. The van der Waals surface area contributed by atoms with Crippen LogP contribution >= 0.6 is 0 Å². The van der Waals surface area contributed by atoms with Crippen LogP contribution in [0.5, 0.6) is 0 Å². The molecule has 112 valence electrons. The molecule has 2 atom stereocenters. The highest BCUT2D eigenvalue weighted by Crippen LogP contribution is 2.38. The first kappa shape index (κ1) is 15.2. The van der Waals surface area contributed by atoms with Crippen LogP contribution in [0.15, 0.2) is 0 Å². The van der Waals surface area contributed by atoms with E-state index < -0.39 is 0 Å². The first-order chi connectivity index (χ1) is 9.26. The molecular weight excluding hydrogens is 244 g/mol. The Morgan fingerprint density at radius 3 is 2.84 bits per heavy atom. The first-order valence-corrected chi connectivity index (χ1v) is 7.73. The van der Waals surface area contributed by atoms with Crippen LogP contribution in [0.3, 0.4) is 0 Å². The average molecular weight is 272 g/mol. The molecule has 0 aliphatic carbocycles. The maximum atomic E-state index is 10.3. The lowest BCUT2D eigenvalue weighted by Gasteiger charge is -2.44. The van der Waals surface area contributed by atoms with Gasteiger partial charge in [-0.1, -0.05) is 0 Å². The molecule has 2 fully saturated rings. The van der Waals surface area contributed by atoms with E-state index in [1.807, 2.05) is 6.92 Å². The van der Waals surface area contributed by atoms with Gasteiger partial charge in [-0.3, -0.25) is 0 Å². The van der Waals surface area contributed by atoms with E-state index in [9.17, 15) is 5.11 Å². The molecular formula is C15H28O4. The van der Waals surface area contributed by atoms with Gasteiger partial charge in [-0.05, 0) is 51.4 Å². The van der Waals surface area contributed by atoms with Gasteiger partial charge in [0.2, 0.25) is 0 Å². The van der Waals surface area contributed by atoms with Crippen LogP contribution in [-0.2, 0) is 14.2 Å². The number of aliphatic hydroxyl groups is 1. The highest BCUT2D eigenvalue weighted by Gasteiger charge is 2.40. The number of hydrogen-bond acceptors (Lipinski definition) is 4. The quantitative estimate of drug-likeness (QED) is 0.753. The van der Waals surface area contributed by atoms with Crippen molar-refractivity contribution in [3.63, 3.8) is 0 Å². The van der Waals surface area contributed by atoms with Gasteiger partial charge in [0.1, 0.15) is 0 Å². The van der Waals surface area contributed by atoms with Crippen LogP contribution < -0.4 is 0 Å². The van der Waals surface area contributed by atoms with Crippen molar-refractivity contribution in [3.05, 3.63) is 0 Å². The lowest BCUT2D eigenvalue weighted by atomic mass is 9.78. The zero-order chi connectivity index (χ0) is 13.6. The average Bonchev–Trinajstić information content (AvgIpc) is 2.44. The Bertz CT molecular complexity index is 245.